The molecule has 0 spiro atoms. The molecule has 2 nitrogen and oxygen atoms in total. The standard InChI is InChI=1S/C14H20N2/c1-2-7-14-12(5-1)11-15-9-8-13-6-3-4-10-16(13)14/h1-2,5,7,13,15H,3-4,6,8-11H2. The van der Waals surface area contributed by atoms with Gasteiger partial charge in [-0.15, -0.1) is 0 Å². The number of fused-ring (bicyclic) bond motifs is 3. The Morgan fingerprint density at radius 2 is 2.06 bits per heavy atom. The maximum atomic E-state index is 3.55. The predicted octanol–water partition coefficient (Wildman–Crippen LogP) is 2.54. The summed E-state index contributed by atoms with van der Waals surface area (Å²) >= 11 is 0. The summed E-state index contributed by atoms with van der Waals surface area (Å²) in [5.74, 6) is 0. The molecule has 1 atom stereocenters. The zero-order chi connectivity index (χ0) is 10.8. The van der Waals surface area contributed by atoms with Gasteiger partial charge in [-0.05, 0) is 43.9 Å². The van der Waals surface area contributed by atoms with Crippen molar-refractivity contribution in [2.45, 2.75) is 38.3 Å². The largest absolute Gasteiger partial charge is 0.368 e. The molecule has 1 saturated heterocycles. The lowest BCUT2D eigenvalue weighted by Crippen LogP contribution is -2.43. The third-order valence-corrected chi connectivity index (χ3v) is 3.90. The average molecular weight is 216 g/mol. The van der Waals surface area contributed by atoms with Crippen molar-refractivity contribution < 1.29 is 0 Å². The molecule has 2 heterocycles. The minimum atomic E-state index is 0.766. The highest BCUT2D eigenvalue weighted by Gasteiger charge is 2.24. The zero-order valence-corrected chi connectivity index (χ0v) is 9.78. The van der Waals surface area contributed by atoms with Crippen LogP contribution >= 0.6 is 0 Å². The first-order valence-electron chi connectivity index (χ1n) is 6.50. The van der Waals surface area contributed by atoms with Crippen molar-refractivity contribution in [1.82, 2.24) is 5.32 Å². The number of hydrogen-bond acceptors (Lipinski definition) is 2. The fourth-order valence-corrected chi connectivity index (χ4v) is 3.05. The SMILES string of the molecule is c1ccc2c(c1)CNCCC1CCCCN21. The molecule has 0 radical (unpaired) electrons. The Balaban J connectivity index is 1.97. The minimum Gasteiger partial charge on any atom is -0.368 e. The number of nitrogens with one attached hydrogen (secondary N) is 1. The van der Waals surface area contributed by atoms with Crippen LogP contribution in [-0.2, 0) is 6.54 Å². The van der Waals surface area contributed by atoms with Crippen molar-refractivity contribution in [3.05, 3.63) is 29.8 Å². The highest BCUT2D eigenvalue weighted by molar-refractivity contribution is 5.55. The molecule has 2 aliphatic rings. The van der Waals surface area contributed by atoms with E-state index in [9.17, 15) is 0 Å². The summed E-state index contributed by atoms with van der Waals surface area (Å²) in [5, 5.41) is 3.55. The van der Waals surface area contributed by atoms with Gasteiger partial charge in [-0.2, -0.15) is 0 Å². The maximum Gasteiger partial charge on any atom is 0.0414 e. The van der Waals surface area contributed by atoms with Crippen LogP contribution in [0.1, 0.15) is 31.2 Å². The van der Waals surface area contributed by atoms with E-state index in [0.717, 1.165) is 19.1 Å². The van der Waals surface area contributed by atoms with Crippen molar-refractivity contribution in [2.75, 3.05) is 18.0 Å². The Morgan fingerprint density at radius 1 is 1.12 bits per heavy atom. The summed E-state index contributed by atoms with van der Waals surface area (Å²) in [6.07, 6.45) is 5.44. The van der Waals surface area contributed by atoms with Gasteiger partial charge in [0.05, 0.1) is 0 Å². The van der Waals surface area contributed by atoms with Gasteiger partial charge in [0.15, 0.2) is 0 Å². The van der Waals surface area contributed by atoms with Gasteiger partial charge >= 0.3 is 0 Å². The van der Waals surface area contributed by atoms with Crippen LogP contribution in [0.4, 0.5) is 5.69 Å². The van der Waals surface area contributed by atoms with Crippen molar-refractivity contribution >= 4 is 5.69 Å². The Labute approximate surface area is 97.6 Å². The molecule has 0 aromatic heterocycles. The molecule has 16 heavy (non-hydrogen) atoms. The number of anilines is 1. The third kappa shape index (κ3) is 1.82. The Kier molecular flexibility index (Phi) is 2.83. The van der Waals surface area contributed by atoms with E-state index in [2.05, 4.69) is 34.5 Å². The van der Waals surface area contributed by atoms with Crippen molar-refractivity contribution in [2.24, 2.45) is 0 Å². The second kappa shape index (κ2) is 4.46. The summed E-state index contributed by atoms with van der Waals surface area (Å²) < 4.78 is 0. The van der Waals surface area contributed by atoms with E-state index in [0.29, 0.717) is 0 Å². The third-order valence-electron chi connectivity index (χ3n) is 3.90. The molecule has 0 bridgehead atoms. The Morgan fingerprint density at radius 3 is 3.06 bits per heavy atom. The topological polar surface area (TPSA) is 15.3 Å². The molecule has 1 aromatic carbocycles. The zero-order valence-electron chi connectivity index (χ0n) is 9.78. The average Bonchev–Trinajstić information content (AvgIpc) is 2.33. The van der Waals surface area contributed by atoms with Gasteiger partial charge in [0.1, 0.15) is 0 Å². The van der Waals surface area contributed by atoms with Crippen LogP contribution in [0, 0.1) is 0 Å². The molecule has 1 N–H and O–H groups in total. The van der Waals surface area contributed by atoms with E-state index in [1.165, 1.54) is 43.5 Å². The summed E-state index contributed by atoms with van der Waals surface area (Å²) in [4.78, 5) is 2.65. The molecule has 2 aliphatic heterocycles. The number of benzene rings is 1. The van der Waals surface area contributed by atoms with Crippen molar-refractivity contribution in [1.29, 1.82) is 0 Å². The molecule has 1 fully saturated rings. The van der Waals surface area contributed by atoms with Gasteiger partial charge in [0.25, 0.3) is 0 Å². The highest BCUT2D eigenvalue weighted by Crippen LogP contribution is 2.30. The second-order valence-electron chi connectivity index (χ2n) is 4.94. The number of piperidine rings is 1. The fraction of sp³-hybridized carbons (Fsp3) is 0.571. The van der Waals surface area contributed by atoms with E-state index in [1.807, 2.05) is 0 Å². The van der Waals surface area contributed by atoms with Crippen LogP contribution in [0.2, 0.25) is 0 Å². The van der Waals surface area contributed by atoms with Gasteiger partial charge in [-0.1, -0.05) is 18.2 Å². The Bertz CT molecular complexity index is 362. The molecule has 1 aromatic rings. The molecule has 0 saturated carbocycles. The van der Waals surface area contributed by atoms with Gasteiger partial charge < -0.3 is 10.2 Å². The number of para-hydroxylation sites is 1. The molecule has 1 unspecified atom stereocenters. The normalized spacial score (nSPS) is 25.2. The summed E-state index contributed by atoms with van der Waals surface area (Å²) in [7, 11) is 0. The second-order valence-corrected chi connectivity index (χ2v) is 4.94. The van der Waals surface area contributed by atoms with E-state index < -0.39 is 0 Å². The molecule has 0 amide bonds. The lowest BCUT2D eigenvalue weighted by molar-refractivity contribution is 0.419. The smallest absolute Gasteiger partial charge is 0.0414 e. The van der Waals surface area contributed by atoms with Gasteiger partial charge in [-0.3, -0.25) is 0 Å². The van der Waals surface area contributed by atoms with Crippen molar-refractivity contribution in [3.8, 4) is 0 Å². The van der Waals surface area contributed by atoms with Gasteiger partial charge in [-0.25, -0.2) is 0 Å². The predicted molar refractivity (Wildman–Crippen MR) is 67.8 cm³/mol. The molecule has 86 valence electrons. The first kappa shape index (κ1) is 10.2. The number of nitrogens with zero attached hydrogens (tertiary/aromatic N) is 1. The lowest BCUT2D eigenvalue weighted by Gasteiger charge is -2.40. The van der Waals surface area contributed by atoms with Gasteiger partial charge in [0, 0.05) is 24.8 Å². The molecule has 3 rings (SSSR count). The molecular formula is C14H20N2. The first-order valence-corrected chi connectivity index (χ1v) is 6.50. The van der Waals surface area contributed by atoms with Crippen LogP contribution in [-0.4, -0.2) is 19.1 Å². The minimum absolute atomic E-state index is 0.766. The summed E-state index contributed by atoms with van der Waals surface area (Å²) in [6, 6.07) is 9.65. The first-order chi connectivity index (χ1) is 7.95. The van der Waals surface area contributed by atoms with Crippen LogP contribution in [0.25, 0.3) is 0 Å². The quantitative estimate of drug-likeness (QED) is 0.717. The molecule has 2 heteroatoms. The van der Waals surface area contributed by atoms with Crippen LogP contribution < -0.4 is 10.2 Å². The van der Waals surface area contributed by atoms with Crippen LogP contribution in [0.15, 0.2) is 24.3 Å². The van der Waals surface area contributed by atoms with Crippen molar-refractivity contribution in [3.63, 3.8) is 0 Å². The van der Waals surface area contributed by atoms with E-state index in [4.69, 9.17) is 0 Å². The van der Waals surface area contributed by atoms with Gasteiger partial charge in [0.2, 0.25) is 0 Å². The van der Waals surface area contributed by atoms with Crippen LogP contribution in [0.3, 0.4) is 0 Å². The number of hydrogen-bond donors (Lipinski definition) is 1. The Hall–Kier alpha value is -1.02. The fourth-order valence-electron chi connectivity index (χ4n) is 3.05. The summed E-state index contributed by atoms with van der Waals surface area (Å²) in [5.41, 5.74) is 2.94. The van der Waals surface area contributed by atoms with E-state index in [1.54, 1.807) is 0 Å². The maximum absolute atomic E-state index is 3.55. The lowest BCUT2D eigenvalue weighted by atomic mass is 9.96. The number of rotatable bonds is 0. The molecule has 0 aliphatic carbocycles. The van der Waals surface area contributed by atoms with E-state index in [-0.39, 0.29) is 0 Å². The highest BCUT2D eigenvalue weighted by atomic mass is 15.2. The summed E-state index contributed by atoms with van der Waals surface area (Å²) in [6.45, 7) is 3.44. The van der Waals surface area contributed by atoms with Crippen LogP contribution in [0.5, 0.6) is 0 Å². The van der Waals surface area contributed by atoms with E-state index >= 15 is 0 Å². The monoisotopic (exact) mass is 216 g/mol. The molecular weight excluding hydrogens is 196 g/mol.